The van der Waals surface area contributed by atoms with Crippen LogP contribution in [0.2, 0.25) is 0 Å². The second kappa shape index (κ2) is 7.70. The largest absolute Gasteiger partial charge is 0.303 e. The van der Waals surface area contributed by atoms with Crippen LogP contribution >= 0.6 is 12.4 Å². The molecule has 0 bridgehead atoms. The summed E-state index contributed by atoms with van der Waals surface area (Å²) in [6.07, 6.45) is 1.27. The molecular formula is C13H17ClN4O3. The summed E-state index contributed by atoms with van der Waals surface area (Å²) >= 11 is 0. The standard InChI is InChI=1S/C13H16N4O3.ClH/c1-15-6-8-16(9-7-15)14-10-13(18)11-2-4-12(5-3-11)17(19)20;/h2-5,10H,6-9H2,1H3;1H. The van der Waals surface area contributed by atoms with Gasteiger partial charge in [-0.2, -0.15) is 5.10 Å². The molecule has 7 nitrogen and oxygen atoms in total. The molecule has 1 aliphatic rings. The molecule has 0 saturated carbocycles. The first-order valence-electron chi connectivity index (χ1n) is 6.32. The van der Waals surface area contributed by atoms with Crippen LogP contribution in [0.3, 0.4) is 0 Å². The molecule has 1 aliphatic heterocycles. The number of carbonyl (C=O) groups excluding carboxylic acids is 1. The normalized spacial score (nSPS) is 15.8. The van der Waals surface area contributed by atoms with Crippen molar-refractivity contribution in [1.29, 1.82) is 0 Å². The van der Waals surface area contributed by atoms with Gasteiger partial charge in [0.05, 0.1) is 11.1 Å². The number of nitrogens with zero attached hydrogens (tertiary/aromatic N) is 4. The average Bonchev–Trinajstić information content (AvgIpc) is 2.46. The van der Waals surface area contributed by atoms with E-state index in [1.54, 1.807) is 0 Å². The smallest absolute Gasteiger partial charge is 0.269 e. The molecule has 0 N–H and O–H groups in total. The zero-order chi connectivity index (χ0) is 14.5. The van der Waals surface area contributed by atoms with Crippen LogP contribution in [0.1, 0.15) is 10.4 Å². The first kappa shape index (κ1) is 17.1. The second-order valence-electron chi connectivity index (χ2n) is 4.67. The summed E-state index contributed by atoms with van der Waals surface area (Å²) in [6, 6.07) is 5.51. The number of hydrogen-bond donors (Lipinski definition) is 0. The molecule has 21 heavy (non-hydrogen) atoms. The first-order valence-corrected chi connectivity index (χ1v) is 6.32. The van der Waals surface area contributed by atoms with Crippen LogP contribution < -0.4 is 0 Å². The number of ketones is 1. The summed E-state index contributed by atoms with van der Waals surface area (Å²) in [4.78, 5) is 24.1. The van der Waals surface area contributed by atoms with Gasteiger partial charge < -0.3 is 4.90 Å². The molecule has 114 valence electrons. The van der Waals surface area contributed by atoms with Crippen molar-refractivity contribution in [2.45, 2.75) is 0 Å². The number of benzene rings is 1. The van der Waals surface area contributed by atoms with E-state index in [2.05, 4.69) is 10.0 Å². The topological polar surface area (TPSA) is 79.0 Å². The molecule has 8 heteroatoms. The summed E-state index contributed by atoms with van der Waals surface area (Å²) in [5.74, 6) is -0.251. The first-order chi connectivity index (χ1) is 9.56. The van der Waals surface area contributed by atoms with Gasteiger partial charge in [0.2, 0.25) is 5.78 Å². The fourth-order valence-corrected chi connectivity index (χ4v) is 1.87. The molecule has 1 saturated heterocycles. The Morgan fingerprint density at radius 1 is 1.24 bits per heavy atom. The lowest BCUT2D eigenvalue weighted by atomic mass is 10.1. The Labute approximate surface area is 128 Å². The third-order valence-electron chi connectivity index (χ3n) is 3.18. The number of carbonyl (C=O) groups is 1. The van der Waals surface area contributed by atoms with Gasteiger partial charge in [0.15, 0.2) is 0 Å². The van der Waals surface area contributed by atoms with Gasteiger partial charge in [-0.15, -0.1) is 12.4 Å². The van der Waals surface area contributed by atoms with Crippen molar-refractivity contribution in [2.75, 3.05) is 33.2 Å². The summed E-state index contributed by atoms with van der Waals surface area (Å²) in [5, 5.41) is 16.5. The van der Waals surface area contributed by atoms with Crippen molar-refractivity contribution >= 4 is 30.1 Å². The Kier molecular flexibility index (Phi) is 6.26. The van der Waals surface area contributed by atoms with Gasteiger partial charge in [-0.1, -0.05) is 0 Å². The molecule has 2 rings (SSSR count). The van der Waals surface area contributed by atoms with Gasteiger partial charge in [0.25, 0.3) is 5.69 Å². The van der Waals surface area contributed by atoms with E-state index in [1.807, 2.05) is 12.1 Å². The molecule has 0 amide bonds. The lowest BCUT2D eigenvalue weighted by molar-refractivity contribution is -0.384. The Morgan fingerprint density at radius 2 is 1.81 bits per heavy atom. The van der Waals surface area contributed by atoms with Crippen LogP contribution in [0.15, 0.2) is 29.4 Å². The van der Waals surface area contributed by atoms with Gasteiger partial charge in [0.1, 0.15) is 0 Å². The van der Waals surface area contributed by atoms with E-state index in [0.29, 0.717) is 5.56 Å². The predicted molar refractivity (Wildman–Crippen MR) is 82.2 cm³/mol. The minimum atomic E-state index is -0.493. The zero-order valence-electron chi connectivity index (χ0n) is 11.6. The predicted octanol–water partition coefficient (Wildman–Crippen LogP) is 1.43. The van der Waals surface area contributed by atoms with E-state index >= 15 is 0 Å². The number of likely N-dealkylation sites (N-methyl/N-ethyl adjacent to an activating group) is 1. The number of hydrazone groups is 1. The van der Waals surface area contributed by atoms with E-state index in [9.17, 15) is 14.9 Å². The lowest BCUT2D eigenvalue weighted by Gasteiger charge is -2.30. The molecule has 0 spiro atoms. The Balaban J connectivity index is 0.00000220. The molecule has 1 aromatic rings. The third kappa shape index (κ3) is 4.80. The number of halogens is 1. The van der Waals surface area contributed by atoms with Crippen molar-refractivity contribution in [3.05, 3.63) is 39.9 Å². The minimum absolute atomic E-state index is 0. The number of nitro groups is 1. The number of piperazine rings is 1. The van der Waals surface area contributed by atoms with E-state index in [1.165, 1.54) is 30.5 Å². The highest BCUT2D eigenvalue weighted by molar-refractivity contribution is 6.35. The molecule has 0 aromatic heterocycles. The highest BCUT2D eigenvalue weighted by Crippen LogP contribution is 2.12. The fraction of sp³-hybridized carbons (Fsp3) is 0.385. The van der Waals surface area contributed by atoms with Crippen LogP contribution in [0.4, 0.5) is 5.69 Å². The van der Waals surface area contributed by atoms with E-state index < -0.39 is 4.92 Å². The maximum Gasteiger partial charge on any atom is 0.269 e. The maximum absolute atomic E-state index is 11.9. The van der Waals surface area contributed by atoms with Crippen molar-refractivity contribution in [3.8, 4) is 0 Å². The van der Waals surface area contributed by atoms with Crippen molar-refractivity contribution in [2.24, 2.45) is 5.10 Å². The van der Waals surface area contributed by atoms with Gasteiger partial charge in [-0.3, -0.25) is 19.9 Å². The Bertz CT molecular complexity index is 525. The summed E-state index contributed by atoms with van der Waals surface area (Å²) in [6.45, 7) is 3.42. The molecule has 0 radical (unpaired) electrons. The summed E-state index contributed by atoms with van der Waals surface area (Å²) in [5.41, 5.74) is 0.367. The average molecular weight is 313 g/mol. The second-order valence-corrected chi connectivity index (χ2v) is 4.67. The van der Waals surface area contributed by atoms with Gasteiger partial charge in [0, 0.05) is 43.9 Å². The van der Waals surface area contributed by atoms with Gasteiger partial charge in [-0.25, -0.2) is 0 Å². The van der Waals surface area contributed by atoms with Crippen LogP contribution in [-0.2, 0) is 0 Å². The van der Waals surface area contributed by atoms with E-state index in [4.69, 9.17) is 0 Å². The monoisotopic (exact) mass is 312 g/mol. The van der Waals surface area contributed by atoms with Crippen LogP contribution in [0.5, 0.6) is 0 Å². The molecule has 0 aliphatic carbocycles. The Morgan fingerprint density at radius 3 is 2.33 bits per heavy atom. The van der Waals surface area contributed by atoms with Gasteiger partial charge >= 0.3 is 0 Å². The fourth-order valence-electron chi connectivity index (χ4n) is 1.87. The van der Waals surface area contributed by atoms with Crippen LogP contribution in [-0.4, -0.2) is 60.1 Å². The molecule has 0 atom stereocenters. The molecule has 1 aromatic carbocycles. The summed E-state index contributed by atoms with van der Waals surface area (Å²) in [7, 11) is 2.04. The molecule has 1 heterocycles. The number of Topliss-reactive ketones (excluding diaryl/α,β-unsaturated/α-hetero) is 1. The molecular weight excluding hydrogens is 296 g/mol. The van der Waals surface area contributed by atoms with E-state index in [-0.39, 0.29) is 23.9 Å². The molecule has 1 fully saturated rings. The highest BCUT2D eigenvalue weighted by Gasteiger charge is 2.12. The summed E-state index contributed by atoms with van der Waals surface area (Å²) < 4.78 is 0. The lowest BCUT2D eigenvalue weighted by Crippen LogP contribution is -2.41. The zero-order valence-corrected chi connectivity index (χ0v) is 12.5. The van der Waals surface area contributed by atoms with Crippen molar-refractivity contribution in [3.63, 3.8) is 0 Å². The number of hydrogen-bond acceptors (Lipinski definition) is 6. The molecule has 0 unspecified atom stereocenters. The maximum atomic E-state index is 11.9. The SMILES string of the molecule is CN1CCN(N=CC(=O)c2ccc([N+](=O)[O-])cc2)CC1.Cl. The van der Waals surface area contributed by atoms with Gasteiger partial charge in [-0.05, 0) is 19.2 Å². The van der Waals surface area contributed by atoms with Crippen LogP contribution in [0.25, 0.3) is 0 Å². The quantitative estimate of drug-likeness (QED) is 0.364. The number of nitro benzene ring substituents is 1. The minimum Gasteiger partial charge on any atom is -0.303 e. The number of rotatable bonds is 4. The Hall–Kier alpha value is -1.99. The van der Waals surface area contributed by atoms with Crippen molar-refractivity contribution in [1.82, 2.24) is 9.91 Å². The van der Waals surface area contributed by atoms with Crippen molar-refractivity contribution < 1.29 is 9.72 Å². The van der Waals surface area contributed by atoms with E-state index in [0.717, 1.165) is 26.2 Å². The number of non-ortho nitro benzene ring substituents is 1. The third-order valence-corrected chi connectivity index (χ3v) is 3.18. The highest BCUT2D eigenvalue weighted by atomic mass is 35.5. The van der Waals surface area contributed by atoms with Crippen LogP contribution in [0, 0.1) is 10.1 Å².